The Balaban J connectivity index is 3.11. The fourth-order valence-electron chi connectivity index (χ4n) is 1.37. The summed E-state index contributed by atoms with van der Waals surface area (Å²) in [6, 6.07) is 5.39. The highest BCUT2D eigenvalue weighted by Crippen LogP contribution is 2.15. The van der Waals surface area contributed by atoms with Gasteiger partial charge in [0.05, 0.1) is 13.5 Å². The van der Waals surface area contributed by atoms with Crippen molar-refractivity contribution in [3.8, 4) is 0 Å². The van der Waals surface area contributed by atoms with Gasteiger partial charge in [-0.15, -0.1) is 0 Å². The van der Waals surface area contributed by atoms with Crippen molar-refractivity contribution >= 4 is 23.2 Å². The van der Waals surface area contributed by atoms with E-state index in [0.29, 0.717) is 5.05 Å². The number of aliphatic carboxylic acids is 1. The minimum Gasteiger partial charge on any atom is -0.486 e. The lowest BCUT2D eigenvalue weighted by atomic mass is 10.0. The third kappa shape index (κ3) is 2.76. The zero-order valence-corrected chi connectivity index (χ0v) is 9.43. The molecular weight excluding hydrogens is 212 g/mol. The monoisotopic (exact) mass is 224 g/mol. The van der Waals surface area contributed by atoms with Gasteiger partial charge in [0.25, 0.3) is 0 Å². The third-order valence-electron chi connectivity index (χ3n) is 2.19. The van der Waals surface area contributed by atoms with E-state index in [1.54, 1.807) is 12.1 Å². The summed E-state index contributed by atoms with van der Waals surface area (Å²) in [7, 11) is 1.51. The normalized spacial score (nSPS) is 9.73. The molecule has 0 aromatic heterocycles. The largest absolute Gasteiger partial charge is 0.486 e. The van der Waals surface area contributed by atoms with Gasteiger partial charge in [-0.3, -0.25) is 4.79 Å². The van der Waals surface area contributed by atoms with Crippen molar-refractivity contribution in [2.24, 2.45) is 0 Å². The topological polar surface area (TPSA) is 46.5 Å². The summed E-state index contributed by atoms with van der Waals surface area (Å²) in [5, 5.41) is 9.10. The van der Waals surface area contributed by atoms with Crippen LogP contribution in [0, 0.1) is 6.92 Å². The Bertz CT molecular complexity index is 399. The maximum atomic E-state index is 10.6. The average Bonchev–Trinajstić information content (AvgIpc) is 2.19. The maximum absolute atomic E-state index is 10.6. The van der Waals surface area contributed by atoms with E-state index in [0.717, 1.165) is 16.7 Å². The Morgan fingerprint density at radius 3 is 2.73 bits per heavy atom. The predicted octanol–water partition coefficient (Wildman–Crippen LogP) is 1.94. The molecule has 0 radical (unpaired) electrons. The van der Waals surface area contributed by atoms with Crippen LogP contribution in [0.15, 0.2) is 18.2 Å². The molecule has 1 aromatic carbocycles. The van der Waals surface area contributed by atoms with Crippen molar-refractivity contribution in [3.05, 3.63) is 34.9 Å². The van der Waals surface area contributed by atoms with Crippen LogP contribution in [-0.4, -0.2) is 23.2 Å². The Labute approximate surface area is 93.7 Å². The second-order valence-corrected chi connectivity index (χ2v) is 3.52. The molecule has 0 aliphatic carbocycles. The summed E-state index contributed by atoms with van der Waals surface area (Å²) in [6.07, 6.45) is 0.00595. The first kappa shape index (κ1) is 11.7. The molecule has 0 aliphatic rings. The van der Waals surface area contributed by atoms with E-state index in [1.807, 2.05) is 13.0 Å². The molecule has 3 nitrogen and oxygen atoms in total. The van der Waals surface area contributed by atoms with Gasteiger partial charge in [-0.05, 0) is 30.3 Å². The molecule has 0 bridgehead atoms. The molecule has 80 valence electrons. The highest BCUT2D eigenvalue weighted by atomic mass is 32.1. The Morgan fingerprint density at radius 2 is 2.20 bits per heavy atom. The lowest BCUT2D eigenvalue weighted by Crippen LogP contribution is -2.07. The van der Waals surface area contributed by atoms with Crippen LogP contribution >= 0.6 is 12.2 Å². The molecular formula is C11H12O3S. The van der Waals surface area contributed by atoms with Gasteiger partial charge in [-0.25, -0.2) is 0 Å². The first-order chi connectivity index (χ1) is 7.06. The van der Waals surface area contributed by atoms with Gasteiger partial charge in [0.15, 0.2) is 5.05 Å². The molecule has 0 saturated carbocycles. The molecule has 0 unspecified atom stereocenters. The van der Waals surface area contributed by atoms with Gasteiger partial charge in [0.2, 0.25) is 0 Å². The number of carboxylic acid groups (broad SMARTS) is 1. The van der Waals surface area contributed by atoms with Gasteiger partial charge >= 0.3 is 5.97 Å². The van der Waals surface area contributed by atoms with E-state index in [1.165, 1.54) is 7.11 Å². The molecule has 4 heteroatoms. The molecule has 0 aliphatic heterocycles. The fourth-order valence-corrected chi connectivity index (χ4v) is 1.59. The predicted molar refractivity (Wildman–Crippen MR) is 61.2 cm³/mol. The van der Waals surface area contributed by atoms with Gasteiger partial charge in [0.1, 0.15) is 0 Å². The van der Waals surface area contributed by atoms with Crippen LogP contribution in [0.4, 0.5) is 0 Å². The molecule has 0 heterocycles. The van der Waals surface area contributed by atoms with Gasteiger partial charge in [0, 0.05) is 5.56 Å². The standard InChI is InChI=1S/C11H12O3S/c1-7-8(6-10(12)13)4-3-5-9(7)11(15)14-2/h3-5H,6H2,1-2H3,(H,12,13). The van der Waals surface area contributed by atoms with Crippen LogP contribution in [-0.2, 0) is 16.0 Å². The van der Waals surface area contributed by atoms with E-state index in [4.69, 9.17) is 22.1 Å². The van der Waals surface area contributed by atoms with Crippen molar-refractivity contribution in [1.82, 2.24) is 0 Å². The highest BCUT2D eigenvalue weighted by molar-refractivity contribution is 7.80. The van der Waals surface area contributed by atoms with Gasteiger partial charge in [-0.1, -0.05) is 18.2 Å². The number of thiocarbonyl (C=S) groups is 1. The summed E-state index contributed by atoms with van der Waals surface area (Å²) in [5.41, 5.74) is 2.41. The number of benzene rings is 1. The molecule has 1 aromatic rings. The summed E-state index contributed by atoms with van der Waals surface area (Å²) in [4.78, 5) is 10.6. The summed E-state index contributed by atoms with van der Waals surface area (Å²) < 4.78 is 4.96. The van der Waals surface area contributed by atoms with Crippen LogP contribution < -0.4 is 0 Å². The van der Waals surface area contributed by atoms with Crippen molar-refractivity contribution in [2.75, 3.05) is 7.11 Å². The van der Waals surface area contributed by atoms with Crippen LogP contribution in [0.1, 0.15) is 16.7 Å². The number of methoxy groups -OCH3 is 1. The van der Waals surface area contributed by atoms with Crippen molar-refractivity contribution < 1.29 is 14.6 Å². The van der Waals surface area contributed by atoms with Gasteiger partial charge < -0.3 is 9.84 Å². The fraction of sp³-hybridized carbons (Fsp3) is 0.273. The summed E-state index contributed by atoms with van der Waals surface area (Å²) in [5.74, 6) is -0.849. The molecule has 0 amide bonds. The van der Waals surface area contributed by atoms with Crippen molar-refractivity contribution in [2.45, 2.75) is 13.3 Å². The number of rotatable bonds is 3. The van der Waals surface area contributed by atoms with Crippen LogP contribution in [0.25, 0.3) is 0 Å². The molecule has 0 saturated heterocycles. The molecule has 1 N–H and O–H groups in total. The zero-order valence-electron chi connectivity index (χ0n) is 8.61. The molecule has 1 rings (SSSR count). The van der Waals surface area contributed by atoms with Crippen LogP contribution in [0.5, 0.6) is 0 Å². The average molecular weight is 224 g/mol. The number of hydrogen-bond donors (Lipinski definition) is 1. The Kier molecular flexibility index (Phi) is 3.80. The van der Waals surface area contributed by atoms with E-state index in [2.05, 4.69) is 0 Å². The first-order valence-corrected chi connectivity index (χ1v) is 4.85. The second kappa shape index (κ2) is 4.89. The number of carbonyl (C=O) groups is 1. The number of carboxylic acids is 1. The van der Waals surface area contributed by atoms with E-state index >= 15 is 0 Å². The third-order valence-corrected chi connectivity index (χ3v) is 2.58. The Morgan fingerprint density at radius 1 is 1.53 bits per heavy atom. The van der Waals surface area contributed by atoms with Crippen molar-refractivity contribution in [1.29, 1.82) is 0 Å². The van der Waals surface area contributed by atoms with Gasteiger partial charge in [-0.2, -0.15) is 0 Å². The summed E-state index contributed by atoms with van der Waals surface area (Å²) >= 11 is 5.01. The second-order valence-electron chi connectivity index (χ2n) is 3.15. The quantitative estimate of drug-likeness (QED) is 0.797. The minimum atomic E-state index is -0.849. The van der Waals surface area contributed by atoms with Crippen molar-refractivity contribution in [3.63, 3.8) is 0 Å². The van der Waals surface area contributed by atoms with E-state index in [9.17, 15) is 4.79 Å². The van der Waals surface area contributed by atoms with E-state index < -0.39 is 5.97 Å². The SMILES string of the molecule is COC(=S)c1cccc(CC(=O)O)c1C. The van der Waals surface area contributed by atoms with E-state index in [-0.39, 0.29) is 6.42 Å². The number of ether oxygens (including phenoxy) is 1. The lowest BCUT2D eigenvalue weighted by molar-refractivity contribution is -0.136. The van der Waals surface area contributed by atoms with Crippen LogP contribution in [0.2, 0.25) is 0 Å². The first-order valence-electron chi connectivity index (χ1n) is 4.45. The number of hydrogen-bond acceptors (Lipinski definition) is 3. The highest BCUT2D eigenvalue weighted by Gasteiger charge is 2.10. The summed E-state index contributed by atoms with van der Waals surface area (Å²) in [6.45, 7) is 1.85. The minimum absolute atomic E-state index is 0.00595. The lowest BCUT2D eigenvalue weighted by Gasteiger charge is -2.09. The molecule has 0 atom stereocenters. The molecule has 0 fully saturated rings. The molecule has 0 spiro atoms. The van der Waals surface area contributed by atoms with Crippen LogP contribution in [0.3, 0.4) is 0 Å². The maximum Gasteiger partial charge on any atom is 0.307 e. The smallest absolute Gasteiger partial charge is 0.307 e. The molecule has 15 heavy (non-hydrogen) atoms. The Hall–Kier alpha value is -1.42. The zero-order chi connectivity index (χ0) is 11.4.